The van der Waals surface area contributed by atoms with Crippen molar-refractivity contribution in [3.8, 4) is 0 Å². The zero-order valence-corrected chi connectivity index (χ0v) is 12.8. The number of nitrogens with one attached hydrogen (secondary N) is 1. The molecule has 25 heavy (non-hydrogen) atoms. The number of para-hydroxylation sites is 1. The number of imidazole rings is 1. The average Bonchev–Trinajstić information content (AvgIpc) is 3.03. The van der Waals surface area contributed by atoms with Crippen LogP contribution in [-0.4, -0.2) is 14.9 Å². The molecule has 0 fully saturated rings. The lowest BCUT2D eigenvalue weighted by molar-refractivity contribution is -0.384. The van der Waals surface area contributed by atoms with Gasteiger partial charge in [0.25, 0.3) is 5.69 Å². The molecule has 0 aliphatic rings. The van der Waals surface area contributed by atoms with E-state index in [4.69, 9.17) is 4.42 Å². The Kier molecular flexibility index (Phi) is 3.39. The number of hydrogen-bond donors (Lipinski definition) is 1. The predicted molar refractivity (Wildman–Crippen MR) is 94.2 cm³/mol. The van der Waals surface area contributed by atoms with Crippen LogP contribution in [0.1, 0.15) is 11.4 Å². The summed E-state index contributed by atoms with van der Waals surface area (Å²) in [5, 5.41) is 11.3. The van der Waals surface area contributed by atoms with Crippen LogP contribution < -0.4 is 5.43 Å². The van der Waals surface area contributed by atoms with E-state index in [1.165, 1.54) is 18.4 Å². The van der Waals surface area contributed by atoms with E-state index in [1.54, 1.807) is 42.5 Å². The molecule has 0 atom stereocenters. The van der Waals surface area contributed by atoms with E-state index in [0.29, 0.717) is 33.4 Å². The van der Waals surface area contributed by atoms with Crippen molar-refractivity contribution in [3.05, 3.63) is 80.5 Å². The molecule has 4 rings (SSSR count). The van der Waals surface area contributed by atoms with E-state index >= 15 is 0 Å². The fourth-order valence-electron chi connectivity index (χ4n) is 2.59. The number of H-pyrrole nitrogens is 1. The van der Waals surface area contributed by atoms with Gasteiger partial charge in [0.15, 0.2) is 5.43 Å². The lowest BCUT2D eigenvalue weighted by atomic mass is 10.1. The maximum atomic E-state index is 12.4. The van der Waals surface area contributed by atoms with Crippen molar-refractivity contribution in [1.82, 2.24) is 9.97 Å². The van der Waals surface area contributed by atoms with E-state index < -0.39 is 4.92 Å². The Labute approximate surface area is 140 Å². The van der Waals surface area contributed by atoms with Crippen molar-refractivity contribution in [2.45, 2.75) is 0 Å². The highest BCUT2D eigenvalue weighted by Crippen LogP contribution is 2.19. The van der Waals surface area contributed by atoms with E-state index in [2.05, 4.69) is 9.97 Å². The quantitative estimate of drug-likeness (QED) is 0.454. The van der Waals surface area contributed by atoms with Gasteiger partial charge in [0, 0.05) is 12.1 Å². The fourth-order valence-corrected chi connectivity index (χ4v) is 2.59. The van der Waals surface area contributed by atoms with Gasteiger partial charge in [-0.3, -0.25) is 14.9 Å². The summed E-state index contributed by atoms with van der Waals surface area (Å²) >= 11 is 0. The highest BCUT2D eigenvalue weighted by molar-refractivity contribution is 5.82. The second-order valence-corrected chi connectivity index (χ2v) is 5.43. The number of benzene rings is 2. The molecule has 7 nitrogen and oxygen atoms in total. The minimum Gasteiger partial charge on any atom is -0.463 e. The number of rotatable bonds is 3. The van der Waals surface area contributed by atoms with Gasteiger partial charge in [-0.15, -0.1) is 0 Å². The van der Waals surface area contributed by atoms with Gasteiger partial charge >= 0.3 is 0 Å². The van der Waals surface area contributed by atoms with Crippen LogP contribution in [0.5, 0.6) is 0 Å². The van der Waals surface area contributed by atoms with Gasteiger partial charge in [-0.1, -0.05) is 12.1 Å². The molecule has 0 spiro atoms. The summed E-state index contributed by atoms with van der Waals surface area (Å²) < 4.78 is 5.46. The first kappa shape index (κ1) is 14.8. The molecule has 122 valence electrons. The second-order valence-electron chi connectivity index (χ2n) is 5.43. The molecule has 0 saturated heterocycles. The summed E-state index contributed by atoms with van der Waals surface area (Å²) in [5.41, 5.74) is 1.94. The fraction of sp³-hybridized carbons (Fsp3) is 0. The molecule has 0 amide bonds. The molecular weight excluding hydrogens is 322 g/mol. The number of nitro groups is 1. The highest BCUT2D eigenvalue weighted by Gasteiger charge is 2.09. The first-order chi connectivity index (χ1) is 12.1. The van der Waals surface area contributed by atoms with Crippen LogP contribution in [0.15, 0.2) is 57.9 Å². The molecule has 2 aromatic heterocycles. The van der Waals surface area contributed by atoms with Crippen LogP contribution >= 0.6 is 0 Å². The molecular formula is C18H11N3O4. The van der Waals surface area contributed by atoms with Crippen molar-refractivity contribution >= 4 is 39.8 Å². The van der Waals surface area contributed by atoms with Gasteiger partial charge in [0.05, 0.1) is 26.9 Å². The van der Waals surface area contributed by atoms with Gasteiger partial charge in [-0.2, -0.15) is 0 Å². The predicted octanol–water partition coefficient (Wildman–Crippen LogP) is 3.75. The SMILES string of the molecule is O=c1c(/C=C/c2nc3ccc([N+](=O)[O-])cc3[nH]2)coc2ccccc12. The largest absolute Gasteiger partial charge is 0.463 e. The minimum atomic E-state index is -0.462. The van der Waals surface area contributed by atoms with Crippen molar-refractivity contribution in [2.24, 2.45) is 0 Å². The van der Waals surface area contributed by atoms with Gasteiger partial charge in [0.2, 0.25) is 0 Å². The topological polar surface area (TPSA) is 102 Å². The number of nitro benzene ring substituents is 1. The number of aromatic amines is 1. The first-order valence-electron chi connectivity index (χ1n) is 7.44. The van der Waals surface area contributed by atoms with Crippen molar-refractivity contribution in [3.63, 3.8) is 0 Å². The Hall–Kier alpha value is -3.74. The maximum Gasteiger partial charge on any atom is 0.271 e. The minimum absolute atomic E-state index is 0.0122. The standard InChI is InChI=1S/C18H11N3O4/c22-18-11(10-25-16-4-2-1-3-13(16)18)5-8-17-19-14-7-6-12(21(23)24)9-15(14)20-17/h1-10H,(H,19,20)/b8-5+. The third kappa shape index (κ3) is 2.67. The van der Waals surface area contributed by atoms with Gasteiger partial charge in [-0.05, 0) is 30.4 Å². The molecule has 0 aliphatic heterocycles. The number of non-ortho nitro benzene ring substituents is 1. The Bertz CT molecular complexity index is 1200. The van der Waals surface area contributed by atoms with Gasteiger partial charge in [-0.25, -0.2) is 4.98 Å². The number of nitrogens with zero attached hydrogens (tertiary/aromatic N) is 2. The third-order valence-corrected chi connectivity index (χ3v) is 3.82. The normalized spacial score (nSPS) is 11.5. The maximum absolute atomic E-state index is 12.4. The molecule has 7 heteroatoms. The summed E-state index contributed by atoms with van der Waals surface area (Å²) in [6, 6.07) is 11.4. The molecule has 0 bridgehead atoms. The Morgan fingerprint density at radius 1 is 1.16 bits per heavy atom. The Morgan fingerprint density at radius 3 is 2.84 bits per heavy atom. The van der Waals surface area contributed by atoms with Crippen LogP contribution in [-0.2, 0) is 0 Å². The number of fused-ring (bicyclic) bond motifs is 2. The van der Waals surface area contributed by atoms with Crippen molar-refractivity contribution in [2.75, 3.05) is 0 Å². The van der Waals surface area contributed by atoms with E-state index in [0.717, 1.165) is 0 Å². The van der Waals surface area contributed by atoms with Crippen molar-refractivity contribution in [1.29, 1.82) is 0 Å². The molecule has 0 unspecified atom stereocenters. The van der Waals surface area contributed by atoms with Crippen LogP contribution in [0.3, 0.4) is 0 Å². The second kappa shape index (κ2) is 5.72. The van der Waals surface area contributed by atoms with Crippen LogP contribution in [0.2, 0.25) is 0 Å². The molecule has 1 N–H and O–H groups in total. The summed E-state index contributed by atoms with van der Waals surface area (Å²) in [5.74, 6) is 0.489. The molecule has 2 heterocycles. The van der Waals surface area contributed by atoms with Crippen LogP contribution in [0.4, 0.5) is 5.69 Å². The van der Waals surface area contributed by atoms with Gasteiger partial charge in [0.1, 0.15) is 17.7 Å². The summed E-state index contributed by atoms with van der Waals surface area (Å²) in [6.07, 6.45) is 4.63. The van der Waals surface area contributed by atoms with Crippen LogP contribution in [0.25, 0.3) is 34.2 Å². The third-order valence-electron chi connectivity index (χ3n) is 3.82. The number of hydrogen-bond acceptors (Lipinski definition) is 5. The van der Waals surface area contributed by atoms with Crippen LogP contribution in [0, 0.1) is 10.1 Å². The van der Waals surface area contributed by atoms with E-state index in [-0.39, 0.29) is 11.1 Å². The number of aromatic nitrogens is 2. The van der Waals surface area contributed by atoms with E-state index in [9.17, 15) is 14.9 Å². The first-order valence-corrected chi connectivity index (χ1v) is 7.44. The molecule has 4 aromatic rings. The zero-order valence-electron chi connectivity index (χ0n) is 12.8. The lowest BCUT2D eigenvalue weighted by Crippen LogP contribution is -2.04. The van der Waals surface area contributed by atoms with E-state index in [1.807, 2.05) is 0 Å². The Balaban J connectivity index is 1.72. The summed E-state index contributed by atoms with van der Waals surface area (Å²) in [7, 11) is 0. The zero-order chi connectivity index (χ0) is 17.4. The molecule has 2 aromatic carbocycles. The Morgan fingerprint density at radius 2 is 2.00 bits per heavy atom. The molecule has 0 aliphatic carbocycles. The summed E-state index contributed by atoms with van der Waals surface area (Å²) in [6.45, 7) is 0. The average molecular weight is 333 g/mol. The molecule has 0 radical (unpaired) electrons. The van der Waals surface area contributed by atoms with Gasteiger partial charge < -0.3 is 9.40 Å². The molecule has 0 saturated carbocycles. The summed E-state index contributed by atoms with van der Waals surface area (Å²) in [4.78, 5) is 30.1. The lowest BCUT2D eigenvalue weighted by Gasteiger charge is -1.97. The highest BCUT2D eigenvalue weighted by atomic mass is 16.6. The smallest absolute Gasteiger partial charge is 0.271 e. The van der Waals surface area contributed by atoms with Crippen molar-refractivity contribution < 1.29 is 9.34 Å². The monoisotopic (exact) mass is 333 g/mol.